The molecule has 0 aliphatic heterocycles. The molecule has 0 saturated carbocycles. The SMILES string of the molecule is C=CC.CC(C)(C)c1cccc(C(C)(C)C)c1O. The van der Waals surface area contributed by atoms with Gasteiger partial charge in [-0.1, -0.05) is 65.8 Å². The number of hydrogen-bond acceptors (Lipinski definition) is 1. The van der Waals surface area contributed by atoms with Crippen molar-refractivity contribution in [2.24, 2.45) is 0 Å². The summed E-state index contributed by atoms with van der Waals surface area (Å²) in [6.45, 7) is 18.0. The van der Waals surface area contributed by atoms with Crippen molar-refractivity contribution in [2.75, 3.05) is 0 Å². The standard InChI is InChI=1S/C14H22O.C3H6/c1-13(2,3)10-8-7-9-11(12(10)15)14(4,5)6;1-3-2/h7-9,15H,1-6H3;3H,1H2,2H3. The van der Waals surface area contributed by atoms with Crippen molar-refractivity contribution in [3.63, 3.8) is 0 Å². The van der Waals surface area contributed by atoms with Crippen molar-refractivity contribution in [1.82, 2.24) is 0 Å². The number of allylic oxidation sites excluding steroid dienone is 1. The summed E-state index contributed by atoms with van der Waals surface area (Å²) in [7, 11) is 0. The van der Waals surface area contributed by atoms with Gasteiger partial charge in [0, 0.05) is 0 Å². The first kappa shape index (κ1) is 16.8. The molecule has 0 radical (unpaired) electrons. The number of para-hydroxylation sites is 1. The first-order valence-electron chi connectivity index (χ1n) is 6.45. The van der Waals surface area contributed by atoms with Crippen molar-refractivity contribution < 1.29 is 5.11 Å². The fraction of sp³-hybridized carbons (Fsp3) is 0.529. The summed E-state index contributed by atoms with van der Waals surface area (Å²) in [5.74, 6) is 0.456. The Hall–Kier alpha value is -1.24. The Bertz CT molecular complexity index is 357. The predicted molar refractivity (Wildman–Crippen MR) is 81.4 cm³/mol. The molecule has 0 aliphatic rings. The quantitative estimate of drug-likeness (QED) is 0.627. The highest BCUT2D eigenvalue weighted by Crippen LogP contribution is 2.38. The van der Waals surface area contributed by atoms with Crippen molar-refractivity contribution >= 4 is 0 Å². The molecular formula is C17H28O. The zero-order chi connectivity index (χ0) is 14.6. The summed E-state index contributed by atoms with van der Waals surface area (Å²) in [5.41, 5.74) is 2.03. The minimum absolute atomic E-state index is 0.00859. The molecular weight excluding hydrogens is 220 g/mol. The monoisotopic (exact) mass is 248 g/mol. The lowest BCUT2D eigenvalue weighted by molar-refractivity contribution is 0.423. The van der Waals surface area contributed by atoms with Gasteiger partial charge in [-0.15, -0.1) is 6.58 Å². The lowest BCUT2D eigenvalue weighted by atomic mass is 9.80. The largest absolute Gasteiger partial charge is 0.507 e. The molecule has 1 aromatic rings. The van der Waals surface area contributed by atoms with E-state index in [9.17, 15) is 5.11 Å². The van der Waals surface area contributed by atoms with E-state index in [1.54, 1.807) is 6.08 Å². The Balaban J connectivity index is 0.000000873. The van der Waals surface area contributed by atoms with Crippen LogP contribution in [0.3, 0.4) is 0 Å². The summed E-state index contributed by atoms with van der Waals surface area (Å²) in [5, 5.41) is 10.3. The van der Waals surface area contributed by atoms with Gasteiger partial charge >= 0.3 is 0 Å². The third kappa shape index (κ3) is 4.56. The lowest BCUT2D eigenvalue weighted by Gasteiger charge is -2.26. The number of benzene rings is 1. The maximum Gasteiger partial charge on any atom is 0.123 e. The summed E-state index contributed by atoms with van der Waals surface area (Å²) < 4.78 is 0. The summed E-state index contributed by atoms with van der Waals surface area (Å²) in [6, 6.07) is 6.04. The first-order chi connectivity index (χ1) is 8.05. The number of aromatic hydroxyl groups is 1. The highest BCUT2D eigenvalue weighted by molar-refractivity contribution is 5.46. The van der Waals surface area contributed by atoms with Crippen LogP contribution in [0.4, 0.5) is 0 Å². The third-order valence-corrected chi connectivity index (χ3v) is 2.65. The van der Waals surface area contributed by atoms with Crippen LogP contribution in [0.25, 0.3) is 0 Å². The van der Waals surface area contributed by atoms with Crippen LogP contribution in [0.1, 0.15) is 59.6 Å². The second-order valence-electron chi connectivity index (χ2n) is 6.61. The number of phenolic OH excluding ortho intramolecular Hbond substituents is 1. The molecule has 0 heterocycles. The van der Waals surface area contributed by atoms with E-state index in [1.807, 2.05) is 25.1 Å². The predicted octanol–water partition coefficient (Wildman–Crippen LogP) is 5.18. The minimum atomic E-state index is -0.00859. The highest BCUT2D eigenvalue weighted by atomic mass is 16.3. The summed E-state index contributed by atoms with van der Waals surface area (Å²) >= 11 is 0. The molecule has 102 valence electrons. The molecule has 1 aromatic carbocycles. The molecule has 0 unspecified atom stereocenters. The van der Waals surface area contributed by atoms with Gasteiger partial charge in [-0.3, -0.25) is 0 Å². The van der Waals surface area contributed by atoms with Crippen LogP contribution >= 0.6 is 0 Å². The molecule has 1 nitrogen and oxygen atoms in total. The van der Waals surface area contributed by atoms with Crippen LogP contribution in [-0.4, -0.2) is 5.11 Å². The molecule has 0 spiro atoms. The second kappa shape index (κ2) is 6.08. The van der Waals surface area contributed by atoms with Crippen molar-refractivity contribution in [3.05, 3.63) is 42.0 Å². The van der Waals surface area contributed by atoms with Gasteiger partial charge in [0.05, 0.1) is 0 Å². The first-order valence-corrected chi connectivity index (χ1v) is 6.45. The van der Waals surface area contributed by atoms with Gasteiger partial charge in [0.1, 0.15) is 5.75 Å². The molecule has 0 atom stereocenters. The van der Waals surface area contributed by atoms with Crippen molar-refractivity contribution in [1.29, 1.82) is 0 Å². The van der Waals surface area contributed by atoms with Crippen molar-refractivity contribution in [2.45, 2.75) is 59.3 Å². The molecule has 1 rings (SSSR count). The molecule has 1 N–H and O–H groups in total. The number of hydrogen-bond donors (Lipinski definition) is 1. The summed E-state index contributed by atoms with van der Waals surface area (Å²) in [4.78, 5) is 0. The molecule has 0 saturated heterocycles. The van der Waals surface area contributed by atoms with Gasteiger partial charge in [0.15, 0.2) is 0 Å². The smallest absolute Gasteiger partial charge is 0.123 e. The highest BCUT2D eigenvalue weighted by Gasteiger charge is 2.24. The maximum absolute atomic E-state index is 10.3. The van der Waals surface area contributed by atoms with Crippen molar-refractivity contribution in [3.8, 4) is 5.75 Å². The van der Waals surface area contributed by atoms with Gasteiger partial charge in [0.25, 0.3) is 0 Å². The molecule has 0 aliphatic carbocycles. The van der Waals surface area contributed by atoms with Gasteiger partial charge in [0.2, 0.25) is 0 Å². The topological polar surface area (TPSA) is 20.2 Å². The Morgan fingerprint density at radius 3 is 1.44 bits per heavy atom. The van der Waals surface area contributed by atoms with Crippen LogP contribution < -0.4 is 0 Å². The van der Waals surface area contributed by atoms with E-state index in [-0.39, 0.29) is 10.8 Å². The van der Waals surface area contributed by atoms with Crippen LogP contribution in [0.15, 0.2) is 30.9 Å². The Labute approximate surface area is 113 Å². The average molecular weight is 248 g/mol. The fourth-order valence-electron chi connectivity index (χ4n) is 1.75. The van der Waals surface area contributed by atoms with E-state index in [1.165, 1.54) is 0 Å². The fourth-order valence-corrected chi connectivity index (χ4v) is 1.75. The van der Waals surface area contributed by atoms with Crippen LogP contribution in [-0.2, 0) is 10.8 Å². The zero-order valence-corrected chi connectivity index (χ0v) is 13.0. The molecule has 18 heavy (non-hydrogen) atoms. The molecule has 0 amide bonds. The van der Waals surface area contributed by atoms with E-state index in [2.05, 4.69) is 48.1 Å². The van der Waals surface area contributed by atoms with E-state index >= 15 is 0 Å². The van der Waals surface area contributed by atoms with Gasteiger partial charge in [-0.25, -0.2) is 0 Å². The van der Waals surface area contributed by atoms with Gasteiger partial charge in [-0.05, 0) is 28.9 Å². The van der Waals surface area contributed by atoms with E-state index in [0.29, 0.717) is 5.75 Å². The normalized spacial score (nSPS) is 11.5. The van der Waals surface area contributed by atoms with Crippen LogP contribution in [0.5, 0.6) is 5.75 Å². The van der Waals surface area contributed by atoms with Gasteiger partial charge < -0.3 is 5.11 Å². The molecule has 0 bridgehead atoms. The Morgan fingerprint density at radius 2 is 1.22 bits per heavy atom. The van der Waals surface area contributed by atoms with E-state index in [4.69, 9.17) is 0 Å². The van der Waals surface area contributed by atoms with E-state index < -0.39 is 0 Å². The second-order valence-corrected chi connectivity index (χ2v) is 6.61. The number of phenols is 1. The van der Waals surface area contributed by atoms with Crippen LogP contribution in [0.2, 0.25) is 0 Å². The van der Waals surface area contributed by atoms with Crippen LogP contribution in [0, 0.1) is 0 Å². The van der Waals surface area contributed by atoms with Gasteiger partial charge in [-0.2, -0.15) is 0 Å². The lowest BCUT2D eigenvalue weighted by Crippen LogP contribution is -2.16. The maximum atomic E-state index is 10.3. The number of rotatable bonds is 0. The third-order valence-electron chi connectivity index (χ3n) is 2.65. The zero-order valence-electron chi connectivity index (χ0n) is 13.0. The molecule has 1 heteroatoms. The Kier molecular flexibility index (Phi) is 5.66. The Morgan fingerprint density at radius 1 is 0.944 bits per heavy atom. The minimum Gasteiger partial charge on any atom is -0.507 e. The average Bonchev–Trinajstić information content (AvgIpc) is 2.15. The summed E-state index contributed by atoms with van der Waals surface area (Å²) in [6.07, 6.45) is 1.75. The molecule has 0 aromatic heterocycles. The molecule has 0 fully saturated rings. The van der Waals surface area contributed by atoms with E-state index in [0.717, 1.165) is 11.1 Å².